The van der Waals surface area contributed by atoms with Crippen molar-refractivity contribution in [3.05, 3.63) is 47.9 Å². The summed E-state index contributed by atoms with van der Waals surface area (Å²) in [5.41, 5.74) is 1.33. The molecule has 17 heavy (non-hydrogen) atoms. The van der Waals surface area contributed by atoms with E-state index in [9.17, 15) is 4.79 Å². The number of para-hydroxylation sites is 1. The van der Waals surface area contributed by atoms with Crippen LogP contribution in [0.4, 0.5) is 5.69 Å². The van der Waals surface area contributed by atoms with Gasteiger partial charge in [0.2, 0.25) is 5.78 Å². The number of hydrogen-bond donors (Lipinski definition) is 1. The molecule has 0 aliphatic carbocycles. The van der Waals surface area contributed by atoms with E-state index in [0.717, 1.165) is 5.69 Å². The Morgan fingerprint density at radius 2 is 2.18 bits per heavy atom. The molecule has 0 radical (unpaired) electrons. The van der Waals surface area contributed by atoms with Crippen LogP contribution in [0.3, 0.4) is 0 Å². The summed E-state index contributed by atoms with van der Waals surface area (Å²) in [6, 6.07) is 8.78. The molecule has 1 aromatic carbocycles. The van der Waals surface area contributed by atoms with Gasteiger partial charge in [0.1, 0.15) is 12.4 Å². The zero-order valence-corrected chi connectivity index (χ0v) is 9.10. The summed E-state index contributed by atoms with van der Waals surface area (Å²) in [6.45, 7) is 1.32. The zero-order valence-electron chi connectivity index (χ0n) is 9.10. The highest BCUT2D eigenvalue weighted by Gasteiger charge is 2.20. The molecule has 0 saturated carbocycles. The lowest BCUT2D eigenvalue weighted by molar-refractivity contribution is 0.101. The van der Waals surface area contributed by atoms with Gasteiger partial charge >= 0.3 is 0 Å². The number of carbonyl (C=O) groups is 1. The van der Waals surface area contributed by atoms with Crippen molar-refractivity contribution in [1.82, 2.24) is 0 Å². The molecule has 2 aromatic rings. The number of benzene rings is 1. The van der Waals surface area contributed by atoms with E-state index in [1.807, 2.05) is 12.1 Å². The molecule has 86 valence electrons. The molecule has 0 saturated heterocycles. The largest absolute Gasteiger partial charge is 0.490 e. The van der Waals surface area contributed by atoms with E-state index in [2.05, 4.69) is 5.32 Å². The lowest BCUT2D eigenvalue weighted by atomic mass is 10.1. The van der Waals surface area contributed by atoms with E-state index in [4.69, 9.17) is 9.15 Å². The van der Waals surface area contributed by atoms with Gasteiger partial charge in [0.05, 0.1) is 17.5 Å². The zero-order chi connectivity index (χ0) is 11.7. The van der Waals surface area contributed by atoms with E-state index in [1.165, 1.54) is 6.26 Å². The Hall–Kier alpha value is -2.23. The third-order valence-electron chi connectivity index (χ3n) is 2.68. The van der Waals surface area contributed by atoms with Crippen molar-refractivity contribution in [1.29, 1.82) is 0 Å². The average molecular weight is 229 g/mol. The minimum absolute atomic E-state index is 0.134. The summed E-state index contributed by atoms with van der Waals surface area (Å²) in [7, 11) is 0. The van der Waals surface area contributed by atoms with Gasteiger partial charge in [-0.1, -0.05) is 6.07 Å². The van der Waals surface area contributed by atoms with Crippen molar-refractivity contribution in [2.45, 2.75) is 0 Å². The molecule has 4 nitrogen and oxygen atoms in total. The predicted molar refractivity (Wildman–Crippen MR) is 62.6 cm³/mol. The maximum absolute atomic E-state index is 12.2. The number of rotatable bonds is 2. The van der Waals surface area contributed by atoms with Gasteiger partial charge < -0.3 is 14.5 Å². The topological polar surface area (TPSA) is 51.5 Å². The predicted octanol–water partition coefficient (Wildman–Crippen LogP) is 2.31. The van der Waals surface area contributed by atoms with Gasteiger partial charge in [-0.25, -0.2) is 0 Å². The summed E-state index contributed by atoms with van der Waals surface area (Å²) in [5, 5.41) is 3.19. The van der Waals surface area contributed by atoms with Gasteiger partial charge in [0, 0.05) is 6.54 Å². The van der Waals surface area contributed by atoms with Crippen molar-refractivity contribution >= 4 is 11.5 Å². The lowest BCUT2D eigenvalue weighted by Crippen LogP contribution is -2.20. The molecular weight excluding hydrogens is 218 g/mol. The molecule has 0 unspecified atom stereocenters. The minimum Gasteiger partial charge on any atom is -0.490 e. The molecule has 0 amide bonds. The third-order valence-corrected chi connectivity index (χ3v) is 2.68. The van der Waals surface area contributed by atoms with Crippen LogP contribution in [0.25, 0.3) is 0 Å². The summed E-state index contributed by atoms with van der Waals surface area (Å²) in [4.78, 5) is 12.2. The van der Waals surface area contributed by atoms with Crippen LogP contribution < -0.4 is 10.1 Å². The molecule has 0 bridgehead atoms. The van der Waals surface area contributed by atoms with Crippen LogP contribution >= 0.6 is 0 Å². The fourth-order valence-corrected chi connectivity index (χ4v) is 1.90. The second kappa shape index (κ2) is 3.97. The Balaban J connectivity index is 2.06. The Morgan fingerprint density at radius 1 is 1.24 bits per heavy atom. The van der Waals surface area contributed by atoms with E-state index in [0.29, 0.717) is 30.2 Å². The van der Waals surface area contributed by atoms with Crippen molar-refractivity contribution < 1.29 is 13.9 Å². The first-order valence-electron chi connectivity index (χ1n) is 5.44. The van der Waals surface area contributed by atoms with E-state index in [1.54, 1.807) is 18.2 Å². The van der Waals surface area contributed by atoms with Gasteiger partial charge in [-0.15, -0.1) is 0 Å². The summed E-state index contributed by atoms with van der Waals surface area (Å²) < 4.78 is 10.6. The highest BCUT2D eigenvalue weighted by atomic mass is 16.5. The molecule has 0 fully saturated rings. The van der Waals surface area contributed by atoms with E-state index >= 15 is 0 Å². The van der Waals surface area contributed by atoms with Crippen LogP contribution in [0.1, 0.15) is 16.1 Å². The molecule has 1 aromatic heterocycles. The number of carbonyl (C=O) groups excluding carboxylic acids is 1. The number of ketones is 1. The smallest absolute Gasteiger partial charge is 0.230 e. The number of ether oxygens (including phenoxy) is 1. The maximum atomic E-state index is 12.2. The number of hydrogen-bond acceptors (Lipinski definition) is 4. The van der Waals surface area contributed by atoms with Gasteiger partial charge in [0.15, 0.2) is 5.76 Å². The molecular formula is C13H11NO3. The van der Waals surface area contributed by atoms with Crippen molar-refractivity contribution in [2.75, 3.05) is 18.5 Å². The van der Waals surface area contributed by atoms with Crippen LogP contribution in [0.2, 0.25) is 0 Å². The Bertz CT molecular complexity index is 546. The molecule has 0 spiro atoms. The van der Waals surface area contributed by atoms with Gasteiger partial charge in [-0.3, -0.25) is 4.79 Å². The van der Waals surface area contributed by atoms with E-state index in [-0.39, 0.29) is 5.78 Å². The third kappa shape index (κ3) is 1.67. The highest BCUT2D eigenvalue weighted by molar-refractivity contribution is 6.11. The van der Waals surface area contributed by atoms with Crippen molar-refractivity contribution in [3.8, 4) is 5.75 Å². The number of fused-ring (bicyclic) bond motifs is 1. The quantitative estimate of drug-likeness (QED) is 0.803. The summed E-state index contributed by atoms with van der Waals surface area (Å²) >= 11 is 0. The Kier molecular flexibility index (Phi) is 2.33. The van der Waals surface area contributed by atoms with Gasteiger partial charge in [-0.05, 0) is 24.3 Å². The Morgan fingerprint density at radius 3 is 3.00 bits per heavy atom. The van der Waals surface area contributed by atoms with E-state index < -0.39 is 0 Å². The molecule has 1 aliphatic heterocycles. The first-order valence-corrected chi connectivity index (χ1v) is 5.44. The average Bonchev–Trinajstić information content (AvgIpc) is 2.91. The summed E-state index contributed by atoms with van der Waals surface area (Å²) in [6.07, 6.45) is 1.49. The summed E-state index contributed by atoms with van der Waals surface area (Å²) in [5.74, 6) is 0.921. The lowest BCUT2D eigenvalue weighted by Gasteiger charge is -2.20. The minimum atomic E-state index is -0.134. The monoisotopic (exact) mass is 229 g/mol. The van der Waals surface area contributed by atoms with Crippen LogP contribution in [0.15, 0.2) is 41.0 Å². The molecule has 3 rings (SSSR count). The first kappa shape index (κ1) is 9.96. The van der Waals surface area contributed by atoms with Crippen LogP contribution in [-0.4, -0.2) is 18.9 Å². The fraction of sp³-hybridized carbons (Fsp3) is 0.154. The Labute approximate surface area is 98.2 Å². The number of anilines is 1. The number of nitrogens with one attached hydrogen (secondary N) is 1. The maximum Gasteiger partial charge on any atom is 0.230 e. The van der Waals surface area contributed by atoms with Crippen molar-refractivity contribution in [3.63, 3.8) is 0 Å². The van der Waals surface area contributed by atoms with Crippen molar-refractivity contribution in [2.24, 2.45) is 0 Å². The second-order valence-corrected chi connectivity index (χ2v) is 3.76. The standard InChI is InChI=1S/C13H11NO3/c15-13(11-5-2-7-16-11)9-3-1-4-10-12(9)14-6-8-17-10/h1-5,7,14H,6,8H2. The highest BCUT2D eigenvalue weighted by Crippen LogP contribution is 2.32. The fourth-order valence-electron chi connectivity index (χ4n) is 1.90. The molecule has 4 heteroatoms. The molecule has 0 atom stereocenters. The molecule has 1 N–H and O–H groups in total. The normalized spacial score (nSPS) is 13.4. The van der Waals surface area contributed by atoms with Gasteiger partial charge in [-0.2, -0.15) is 0 Å². The molecule has 2 heterocycles. The SMILES string of the molecule is O=C(c1ccco1)c1cccc2c1NCCO2. The van der Waals surface area contributed by atoms with Crippen LogP contribution in [0, 0.1) is 0 Å². The number of furan rings is 1. The molecule has 1 aliphatic rings. The van der Waals surface area contributed by atoms with Crippen LogP contribution in [-0.2, 0) is 0 Å². The second-order valence-electron chi connectivity index (χ2n) is 3.76. The van der Waals surface area contributed by atoms with Crippen LogP contribution in [0.5, 0.6) is 5.75 Å². The first-order chi connectivity index (χ1) is 8.36. The van der Waals surface area contributed by atoms with Gasteiger partial charge in [0.25, 0.3) is 0 Å².